The van der Waals surface area contributed by atoms with Crippen LogP contribution in [0.1, 0.15) is 33.6 Å². The first-order valence-electron chi connectivity index (χ1n) is 7.43. The summed E-state index contributed by atoms with van der Waals surface area (Å²) in [7, 11) is 0. The number of ether oxygens (including phenoxy) is 1. The summed E-state index contributed by atoms with van der Waals surface area (Å²) in [6, 6.07) is 3.92. The van der Waals surface area contributed by atoms with Gasteiger partial charge in [0.15, 0.2) is 0 Å². The Hall–Kier alpha value is -1.46. The number of hydrogen-bond acceptors (Lipinski definition) is 3. The van der Waals surface area contributed by atoms with Crippen LogP contribution < -0.4 is 5.32 Å². The molecule has 0 aromatic heterocycles. The van der Waals surface area contributed by atoms with E-state index >= 15 is 0 Å². The van der Waals surface area contributed by atoms with Gasteiger partial charge in [-0.15, -0.1) is 0 Å². The van der Waals surface area contributed by atoms with Gasteiger partial charge in [0.2, 0.25) is 0 Å². The van der Waals surface area contributed by atoms with Gasteiger partial charge >= 0.3 is 12.0 Å². The third-order valence-corrected chi connectivity index (χ3v) is 4.10. The maximum Gasteiger partial charge on any atom is 0.329 e. The number of esters is 1. The van der Waals surface area contributed by atoms with Crippen LogP contribution in [0.15, 0.2) is 18.2 Å². The summed E-state index contributed by atoms with van der Waals surface area (Å²) in [5.74, 6) is -0.376. The summed E-state index contributed by atoms with van der Waals surface area (Å²) in [5.41, 5.74) is -0.0508. The summed E-state index contributed by atoms with van der Waals surface area (Å²) >= 11 is 11.8. The third kappa shape index (κ3) is 4.75. The van der Waals surface area contributed by atoms with Gasteiger partial charge < -0.3 is 15.0 Å². The van der Waals surface area contributed by atoms with Crippen LogP contribution in [0.5, 0.6) is 0 Å². The average Bonchev–Trinajstić information content (AvgIpc) is 2.90. The number of likely N-dealkylation sites (tertiary alicyclic amines) is 1. The van der Waals surface area contributed by atoms with E-state index in [-0.39, 0.29) is 12.0 Å². The number of carbonyl (C=O) groups excluding carboxylic acids is 2. The molecule has 1 heterocycles. The summed E-state index contributed by atoms with van der Waals surface area (Å²) in [6.07, 6.45) is 1.36. The fourth-order valence-corrected chi connectivity index (χ4v) is 2.69. The fourth-order valence-electron chi connectivity index (χ4n) is 2.39. The van der Waals surface area contributed by atoms with Crippen molar-refractivity contribution in [1.82, 2.24) is 4.90 Å². The topological polar surface area (TPSA) is 58.6 Å². The number of nitrogens with zero attached hydrogens (tertiary/aromatic N) is 1. The Morgan fingerprint density at radius 1 is 1.26 bits per heavy atom. The van der Waals surface area contributed by atoms with E-state index in [0.717, 1.165) is 6.42 Å². The number of hydrogen-bond donors (Lipinski definition) is 1. The summed E-state index contributed by atoms with van der Waals surface area (Å²) in [5, 5.41) is 3.51. The van der Waals surface area contributed by atoms with Crippen molar-refractivity contribution in [2.24, 2.45) is 0 Å². The van der Waals surface area contributed by atoms with Crippen LogP contribution in [0.3, 0.4) is 0 Å². The molecule has 0 bridgehead atoms. The molecule has 5 nitrogen and oxygen atoms in total. The molecule has 1 unspecified atom stereocenters. The molecule has 23 heavy (non-hydrogen) atoms. The third-order valence-electron chi connectivity index (χ3n) is 3.36. The SMILES string of the molecule is CC(C)(C)OC(=O)C1CCCN1C(=O)Nc1ccc(Cl)c(Cl)c1. The van der Waals surface area contributed by atoms with E-state index in [1.807, 2.05) is 0 Å². The number of anilines is 1. The van der Waals surface area contributed by atoms with Crippen LogP contribution in [-0.2, 0) is 9.53 Å². The van der Waals surface area contributed by atoms with Gasteiger partial charge in [-0.1, -0.05) is 23.2 Å². The Bertz CT molecular complexity index is 614. The summed E-state index contributed by atoms with van der Waals surface area (Å²) < 4.78 is 5.39. The van der Waals surface area contributed by atoms with Gasteiger partial charge in [-0.25, -0.2) is 9.59 Å². The molecule has 0 aliphatic carbocycles. The Morgan fingerprint density at radius 2 is 1.96 bits per heavy atom. The first-order chi connectivity index (χ1) is 10.7. The largest absolute Gasteiger partial charge is 0.458 e. The zero-order chi connectivity index (χ0) is 17.2. The Kier molecular flexibility index (Phi) is 5.42. The van der Waals surface area contributed by atoms with E-state index in [4.69, 9.17) is 27.9 Å². The average molecular weight is 359 g/mol. The van der Waals surface area contributed by atoms with Crippen LogP contribution in [0.4, 0.5) is 10.5 Å². The normalized spacial score (nSPS) is 18.0. The predicted molar refractivity (Wildman–Crippen MR) is 91.1 cm³/mol. The lowest BCUT2D eigenvalue weighted by molar-refractivity contribution is -0.159. The van der Waals surface area contributed by atoms with Gasteiger partial charge in [0.1, 0.15) is 11.6 Å². The van der Waals surface area contributed by atoms with Gasteiger partial charge in [-0.05, 0) is 51.8 Å². The second-order valence-electron chi connectivity index (χ2n) is 6.44. The Balaban J connectivity index is 2.05. The highest BCUT2D eigenvalue weighted by Crippen LogP contribution is 2.26. The number of amides is 2. The molecule has 1 aromatic rings. The van der Waals surface area contributed by atoms with Gasteiger partial charge in [0.05, 0.1) is 10.0 Å². The van der Waals surface area contributed by atoms with Gasteiger partial charge in [-0.2, -0.15) is 0 Å². The predicted octanol–water partition coefficient (Wildman–Crippen LogP) is 4.33. The van der Waals surface area contributed by atoms with Crippen LogP contribution in [0.25, 0.3) is 0 Å². The molecule has 1 aliphatic rings. The molecule has 1 fully saturated rings. The Morgan fingerprint density at radius 3 is 2.57 bits per heavy atom. The second kappa shape index (κ2) is 6.97. The van der Waals surface area contributed by atoms with E-state index < -0.39 is 11.6 Å². The zero-order valence-corrected chi connectivity index (χ0v) is 14.9. The van der Waals surface area contributed by atoms with Crippen LogP contribution in [-0.4, -0.2) is 35.1 Å². The van der Waals surface area contributed by atoms with Gasteiger partial charge in [-0.3, -0.25) is 0 Å². The molecular weight excluding hydrogens is 339 g/mol. The summed E-state index contributed by atoms with van der Waals surface area (Å²) in [4.78, 5) is 26.2. The zero-order valence-electron chi connectivity index (χ0n) is 13.4. The van der Waals surface area contributed by atoms with E-state index in [2.05, 4.69) is 5.32 Å². The molecule has 1 aliphatic heterocycles. The number of nitrogens with one attached hydrogen (secondary N) is 1. The standard InChI is InChI=1S/C16H20Cl2N2O3/c1-16(2,3)23-14(21)13-5-4-8-20(13)15(22)19-10-6-7-11(17)12(18)9-10/h6-7,9,13H,4-5,8H2,1-3H3,(H,19,22). The molecule has 2 amide bonds. The van der Waals surface area contributed by atoms with Crippen molar-refractivity contribution in [3.05, 3.63) is 28.2 Å². The number of benzene rings is 1. The highest BCUT2D eigenvalue weighted by atomic mass is 35.5. The molecule has 0 spiro atoms. The summed E-state index contributed by atoms with van der Waals surface area (Å²) in [6.45, 7) is 5.93. The first-order valence-corrected chi connectivity index (χ1v) is 8.18. The van der Waals surface area contributed by atoms with E-state index in [1.165, 1.54) is 4.90 Å². The van der Waals surface area contributed by atoms with Crippen molar-refractivity contribution in [3.8, 4) is 0 Å². The maximum atomic E-state index is 12.4. The number of halogens is 2. The lowest BCUT2D eigenvalue weighted by Crippen LogP contribution is -2.45. The molecule has 0 saturated carbocycles. The minimum Gasteiger partial charge on any atom is -0.458 e. The lowest BCUT2D eigenvalue weighted by Gasteiger charge is -2.27. The van der Waals surface area contributed by atoms with Crippen LogP contribution >= 0.6 is 23.2 Å². The number of carbonyl (C=O) groups is 2. The fraction of sp³-hybridized carbons (Fsp3) is 0.500. The quantitative estimate of drug-likeness (QED) is 0.800. The minimum absolute atomic E-state index is 0.350. The monoisotopic (exact) mass is 358 g/mol. The van der Waals surface area contributed by atoms with E-state index in [0.29, 0.717) is 28.7 Å². The van der Waals surface area contributed by atoms with Gasteiger partial charge in [0, 0.05) is 12.2 Å². The van der Waals surface area contributed by atoms with Crippen LogP contribution in [0, 0.1) is 0 Å². The van der Waals surface area contributed by atoms with Crippen molar-refractivity contribution in [2.45, 2.75) is 45.3 Å². The smallest absolute Gasteiger partial charge is 0.329 e. The highest BCUT2D eigenvalue weighted by Gasteiger charge is 2.37. The molecule has 7 heteroatoms. The molecule has 126 valence electrons. The Labute approximate surface area is 145 Å². The van der Waals surface area contributed by atoms with Crippen molar-refractivity contribution >= 4 is 40.9 Å². The van der Waals surface area contributed by atoms with E-state index in [1.54, 1.807) is 39.0 Å². The molecule has 1 N–H and O–H groups in total. The van der Waals surface area contributed by atoms with Crippen molar-refractivity contribution in [1.29, 1.82) is 0 Å². The molecule has 1 saturated heterocycles. The molecule has 1 aromatic carbocycles. The number of rotatable bonds is 2. The molecule has 0 radical (unpaired) electrons. The van der Waals surface area contributed by atoms with Crippen LogP contribution in [0.2, 0.25) is 10.0 Å². The number of urea groups is 1. The lowest BCUT2D eigenvalue weighted by atomic mass is 10.1. The van der Waals surface area contributed by atoms with Crippen molar-refractivity contribution in [3.63, 3.8) is 0 Å². The molecule has 2 rings (SSSR count). The molecule has 1 atom stereocenters. The highest BCUT2D eigenvalue weighted by molar-refractivity contribution is 6.42. The maximum absolute atomic E-state index is 12.4. The van der Waals surface area contributed by atoms with E-state index in [9.17, 15) is 9.59 Å². The second-order valence-corrected chi connectivity index (χ2v) is 7.26. The first kappa shape index (κ1) is 17.9. The van der Waals surface area contributed by atoms with Crippen molar-refractivity contribution in [2.75, 3.05) is 11.9 Å². The molecular formula is C16H20Cl2N2O3. The van der Waals surface area contributed by atoms with Crippen molar-refractivity contribution < 1.29 is 14.3 Å². The van der Waals surface area contributed by atoms with Gasteiger partial charge in [0.25, 0.3) is 0 Å². The minimum atomic E-state index is -0.578.